The molecule has 94 valence electrons. The van der Waals surface area contributed by atoms with Crippen LogP contribution in [0.3, 0.4) is 0 Å². The first-order valence-corrected chi connectivity index (χ1v) is 6.27. The number of imide groups is 1. The normalized spacial score (nSPS) is 28.5. The lowest BCUT2D eigenvalue weighted by Crippen LogP contribution is -2.35. The van der Waals surface area contributed by atoms with Crippen LogP contribution in [-0.2, 0) is 16.1 Å². The van der Waals surface area contributed by atoms with Gasteiger partial charge in [-0.3, -0.25) is 14.5 Å². The third-order valence-electron chi connectivity index (χ3n) is 4.06. The first-order chi connectivity index (χ1) is 8.44. The molecule has 0 bridgehead atoms. The molecule has 0 radical (unpaired) electrons. The fraction of sp³-hybridized carbons (Fsp3) is 0.462. The zero-order chi connectivity index (χ0) is 13.1. The minimum absolute atomic E-state index is 0.0741. The molecule has 2 heterocycles. The van der Waals surface area contributed by atoms with Gasteiger partial charge < -0.3 is 0 Å². The van der Waals surface area contributed by atoms with Crippen molar-refractivity contribution in [2.75, 3.05) is 0 Å². The molecule has 1 aromatic rings. The number of nitrogens with zero attached hydrogens (tertiary/aromatic N) is 2. The van der Waals surface area contributed by atoms with Crippen LogP contribution >= 0.6 is 11.6 Å². The van der Waals surface area contributed by atoms with E-state index in [1.165, 1.54) is 4.90 Å². The SMILES string of the molecule is CC1(C)C2C(=O)N(Cc3cccnc3Cl)C(=O)C21. The van der Waals surface area contributed by atoms with Crippen LogP contribution in [0.25, 0.3) is 0 Å². The smallest absolute Gasteiger partial charge is 0.233 e. The lowest BCUT2D eigenvalue weighted by atomic mass is 10.1. The topological polar surface area (TPSA) is 50.3 Å². The molecular weight excluding hydrogens is 252 g/mol. The third kappa shape index (κ3) is 1.42. The molecule has 18 heavy (non-hydrogen) atoms. The summed E-state index contributed by atoms with van der Waals surface area (Å²) in [6.07, 6.45) is 1.58. The van der Waals surface area contributed by atoms with E-state index in [-0.39, 0.29) is 35.6 Å². The van der Waals surface area contributed by atoms with Gasteiger partial charge in [-0.05, 0) is 11.5 Å². The maximum atomic E-state index is 12.1. The summed E-state index contributed by atoms with van der Waals surface area (Å²) in [5, 5.41) is 0.345. The molecule has 0 N–H and O–H groups in total. The second-order valence-corrected chi connectivity index (χ2v) is 5.85. The summed E-state index contributed by atoms with van der Waals surface area (Å²) < 4.78 is 0. The monoisotopic (exact) mass is 264 g/mol. The van der Waals surface area contributed by atoms with Gasteiger partial charge in [-0.25, -0.2) is 4.98 Å². The second-order valence-electron chi connectivity index (χ2n) is 5.49. The van der Waals surface area contributed by atoms with Crippen molar-refractivity contribution in [2.45, 2.75) is 20.4 Å². The standard InChI is InChI=1S/C13H13ClN2O2/c1-13(2)8-9(13)12(18)16(11(8)17)6-7-4-3-5-15-10(7)14/h3-5,8-9H,6H2,1-2H3. The Labute approximate surface area is 110 Å². The van der Waals surface area contributed by atoms with Crippen LogP contribution in [0.1, 0.15) is 19.4 Å². The Hall–Kier alpha value is -1.42. The fourth-order valence-electron chi connectivity index (χ4n) is 2.87. The van der Waals surface area contributed by atoms with Gasteiger partial charge in [-0.2, -0.15) is 0 Å². The second kappa shape index (κ2) is 3.54. The molecule has 2 amide bonds. The maximum absolute atomic E-state index is 12.1. The number of amides is 2. The molecule has 0 aromatic carbocycles. The number of likely N-dealkylation sites (tertiary alicyclic amines) is 1. The van der Waals surface area contributed by atoms with E-state index in [0.717, 1.165) is 0 Å². The molecule has 4 nitrogen and oxygen atoms in total. The van der Waals surface area contributed by atoms with Crippen molar-refractivity contribution in [3.8, 4) is 0 Å². The van der Waals surface area contributed by atoms with Crippen molar-refractivity contribution in [1.82, 2.24) is 9.88 Å². The molecule has 2 fully saturated rings. The van der Waals surface area contributed by atoms with E-state index in [4.69, 9.17) is 11.6 Å². The zero-order valence-electron chi connectivity index (χ0n) is 10.2. The number of rotatable bonds is 2. The lowest BCUT2D eigenvalue weighted by molar-refractivity contribution is -0.143. The van der Waals surface area contributed by atoms with Crippen LogP contribution < -0.4 is 0 Å². The summed E-state index contributed by atoms with van der Waals surface area (Å²) in [6.45, 7) is 4.16. The molecule has 5 heteroatoms. The summed E-state index contributed by atoms with van der Waals surface area (Å²) >= 11 is 5.94. The van der Waals surface area contributed by atoms with E-state index in [1.54, 1.807) is 18.3 Å². The molecule has 1 aliphatic carbocycles. The average Bonchev–Trinajstić information content (AvgIpc) is 2.78. The molecule has 1 saturated heterocycles. The van der Waals surface area contributed by atoms with Crippen molar-refractivity contribution in [3.63, 3.8) is 0 Å². The van der Waals surface area contributed by atoms with E-state index in [0.29, 0.717) is 10.7 Å². The van der Waals surface area contributed by atoms with E-state index in [9.17, 15) is 9.59 Å². The summed E-state index contributed by atoms with van der Waals surface area (Å²) in [5.41, 5.74) is 0.545. The van der Waals surface area contributed by atoms with Gasteiger partial charge in [0.1, 0.15) is 5.15 Å². The highest BCUT2D eigenvalue weighted by molar-refractivity contribution is 6.30. The quantitative estimate of drug-likeness (QED) is 0.605. The molecule has 2 aliphatic rings. The van der Waals surface area contributed by atoms with Crippen LogP contribution in [-0.4, -0.2) is 21.7 Å². The minimum atomic E-state index is -0.163. The van der Waals surface area contributed by atoms with E-state index in [1.807, 2.05) is 13.8 Å². The van der Waals surface area contributed by atoms with Gasteiger partial charge in [0, 0.05) is 11.8 Å². The Balaban J connectivity index is 1.83. The highest BCUT2D eigenvalue weighted by atomic mass is 35.5. The predicted molar refractivity (Wildman–Crippen MR) is 65.6 cm³/mol. The Bertz CT molecular complexity index is 532. The Morgan fingerprint density at radius 2 is 1.94 bits per heavy atom. The lowest BCUT2D eigenvalue weighted by Gasteiger charge is -2.20. The molecule has 1 aliphatic heterocycles. The van der Waals surface area contributed by atoms with Gasteiger partial charge in [0.25, 0.3) is 0 Å². The molecule has 0 spiro atoms. The molecule has 3 rings (SSSR count). The molecule has 2 atom stereocenters. The van der Waals surface area contributed by atoms with Crippen LogP contribution in [0.4, 0.5) is 0 Å². The molecule has 2 unspecified atom stereocenters. The van der Waals surface area contributed by atoms with Crippen molar-refractivity contribution in [3.05, 3.63) is 29.0 Å². The zero-order valence-corrected chi connectivity index (χ0v) is 10.9. The van der Waals surface area contributed by atoms with Gasteiger partial charge in [0.05, 0.1) is 18.4 Å². The number of hydrogen-bond acceptors (Lipinski definition) is 3. The van der Waals surface area contributed by atoms with E-state index in [2.05, 4.69) is 4.98 Å². The number of fused-ring (bicyclic) bond motifs is 1. The van der Waals surface area contributed by atoms with Crippen LogP contribution in [0, 0.1) is 17.3 Å². The first kappa shape index (κ1) is 11.7. The summed E-state index contributed by atoms with van der Waals surface area (Å²) in [4.78, 5) is 29.5. The average molecular weight is 265 g/mol. The number of carbonyl (C=O) groups excluding carboxylic acids is 2. The van der Waals surface area contributed by atoms with Gasteiger partial charge in [0.2, 0.25) is 11.8 Å². The highest BCUT2D eigenvalue weighted by Crippen LogP contribution is 2.63. The van der Waals surface area contributed by atoms with Gasteiger partial charge in [-0.15, -0.1) is 0 Å². The van der Waals surface area contributed by atoms with Crippen molar-refractivity contribution in [2.24, 2.45) is 17.3 Å². The van der Waals surface area contributed by atoms with E-state index < -0.39 is 0 Å². The largest absolute Gasteiger partial charge is 0.277 e. The summed E-state index contributed by atoms with van der Waals surface area (Å²) in [7, 11) is 0. The molecular formula is C13H13ClN2O2. The number of carbonyl (C=O) groups is 2. The first-order valence-electron chi connectivity index (χ1n) is 5.89. The van der Waals surface area contributed by atoms with Crippen LogP contribution in [0.15, 0.2) is 18.3 Å². The Morgan fingerprint density at radius 1 is 1.33 bits per heavy atom. The number of halogens is 1. The van der Waals surface area contributed by atoms with Gasteiger partial charge in [0.15, 0.2) is 0 Å². The Morgan fingerprint density at radius 3 is 2.50 bits per heavy atom. The summed E-state index contributed by atoms with van der Waals surface area (Å²) in [5.74, 6) is -0.425. The third-order valence-corrected chi connectivity index (χ3v) is 4.40. The Kier molecular flexibility index (Phi) is 2.29. The van der Waals surface area contributed by atoms with Crippen LogP contribution in [0.2, 0.25) is 5.15 Å². The van der Waals surface area contributed by atoms with Gasteiger partial charge in [-0.1, -0.05) is 31.5 Å². The van der Waals surface area contributed by atoms with Crippen molar-refractivity contribution >= 4 is 23.4 Å². The molecule has 1 aromatic heterocycles. The minimum Gasteiger partial charge on any atom is -0.277 e. The van der Waals surface area contributed by atoms with Crippen molar-refractivity contribution in [1.29, 1.82) is 0 Å². The number of aromatic nitrogens is 1. The number of pyridine rings is 1. The predicted octanol–water partition coefficient (Wildman–Crippen LogP) is 1.88. The number of piperidine rings is 1. The fourth-order valence-corrected chi connectivity index (χ4v) is 3.05. The van der Waals surface area contributed by atoms with Crippen LogP contribution in [0.5, 0.6) is 0 Å². The van der Waals surface area contributed by atoms with Gasteiger partial charge >= 0.3 is 0 Å². The van der Waals surface area contributed by atoms with Crippen molar-refractivity contribution < 1.29 is 9.59 Å². The number of hydrogen-bond donors (Lipinski definition) is 0. The summed E-state index contributed by atoms with van der Waals surface area (Å²) in [6, 6.07) is 3.53. The highest BCUT2D eigenvalue weighted by Gasteiger charge is 2.72. The maximum Gasteiger partial charge on any atom is 0.233 e. The molecule has 1 saturated carbocycles. The van der Waals surface area contributed by atoms with E-state index >= 15 is 0 Å².